The fraction of sp³-hybridized carbons (Fsp3) is 0.727. The van der Waals surface area contributed by atoms with Crippen molar-refractivity contribution in [1.82, 2.24) is 14.5 Å². The molecule has 122 valence electrons. The van der Waals surface area contributed by atoms with Gasteiger partial charge in [0.1, 0.15) is 4.90 Å². The number of sulfonamides is 1. The van der Waals surface area contributed by atoms with Crippen LogP contribution in [0.5, 0.6) is 0 Å². The van der Waals surface area contributed by atoms with Gasteiger partial charge in [0.25, 0.3) is 0 Å². The Balaban J connectivity index is 2.90. The van der Waals surface area contributed by atoms with Crippen LogP contribution in [0.1, 0.15) is 24.2 Å². The van der Waals surface area contributed by atoms with Crippen LogP contribution in [0.2, 0.25) is 0 Å². The van der Waals surface area contributed by atoms with E-state index < -0.39 is 29.2 Å². The number of rotatable bonds is 7. The topological polar surface area (TPSA) is 90.0 Å². The molecule has 21 heavy (non-hydrogen) atoms. The van der Waals surface area contributed by atoms with Crippen molar-refractivity contribution in [3.63, 3.8) is 0 Å². The highest BCUT2D eigenvalue weighted by atomic mass is 32.2. The van der Waals surface area contributed by atoms with Gasteiger partial charge < -0.3 is 5.73 Å². The predicted molar refractivity (Wildman–Crippen MR) is 71.2 cm³/mol. The van der Waals surface area contributed by atoms with Gasteiger partial charge in [-0.25, -0.2) is 13.1 Å². The van der Waals surface area contributed by atoms with Crippen LogP contribution < -0.4 is 10.5 Å². The maximum atomic E-state index is 12.1. The van der Waals surface area contributed by atoms with E-state index >= 15 is 0 Å². The molecule has 0 spiro atoms. The molecule has 10 heteroatoms. The van der Waals surface area contributed by atoms with Gasteiger partial charge in [0.15, 0.2) is 0 Å². The number of hydrogen-bond donors (Lipinski definition) is 2. The molecule has 0 fully saturated rings. The first kappa shape index (κ1) is 17.9. The van der Waals surface area contributed by atoms with Gasteiger partial charge in [-0.05, 0) is 26.8 Å². The van der Waals surface area contributed by atoms with E-state index in [1.807, 2.05) is 4.72 Å². The molecule has 0 saturated heterocycles. The molecule has 0 aromatic carbocycles. The van der Waals surface area contributed by atoms with Gasteiger partial charge in [-0.2, -0.15) is 18.3 Å². The van der Waals surface area contributed by atoms with Crippen LogP contribution >= 0.6 is 0 Å². The van der Waals surface area contributed by atoms with Crippen molar-refractivity contribution >= 4 is 10.0 Å². The quantitative estimate of drug-likeness (QED) is 0.784. The lowest BCUT2D eigenvalue weighted by Crippen LogP contribution is -2.28. The summed E-state index contributed by atoms with van der Waals surface area (Å²) in [5, 5.41) is 4.09. The highest BCUT2D eigenvalue weighted by Crippen LogP contribution is 2.21. The summed E-state index contributed by atoms with van der Waals surface area (Å²) in [6.45, 7) is 3.27. The first-order chi connectivity index (χ1) is 9.58. The summed E-state index contributed by atoms with van der Waals surface area (Å²) in [5.74, 6) is 0. The molecule has 0 amide bonds. The zero-order valence-electron chi connectivity index (χ0n) is 11.9. The fourth-order valence-electron chi connectivity index (χ4n) is 1.93. The van der Waals surface area contributed by atoms with E-state index in [9.17, 15) is 21.6 Å². The second-order valence-corrected chi connectivity index (χ2v) is 6.33. The summed E-state index contributed by atoms with van der Waals surface area (Å²) in [7, 11) is -4.01. The molecule has 0 bridgehead atoms. The molecule has 0 unspecified atom stereocenters. The molecular weight excluding hydrogens is 309 g/mol. The summed E-state index contributed by atoms with van der Waals surface area (Å²) >= 11 is 0. The van der Waals surface area contributed by atoms with Crippen LogP contribution in [0.25, 0.3) is 0 Å². The highest BCUT2D eigenvalue weighted by Gasteiger charge is 2.29. The van der Waals surface area contributed by atoms with Crippen molar-refractivity contribution in [1.29, 1.82) is 0 Å². The summed E-state index contributed by atoms with van der Waals surface area (Å²) in [6.07, 6.45) is -4.99. The molecule has 3 N–H and O–H groups in total. The molecule has 0 aliphatic rings. The first-order valence-electron chi connectivity index (χ1n) is 6.39. The number of aromatic nitrogens is 2. The second-order valence-electron chi connectivity index (χ2n) is 4.63. The van der Waals surface area contributed by atoms with Gasteiger partial charge in [0.05, 0.1) is 17.8 Å². The van der Waals surface area contributed by atoms with Crippen molar-refractivity contribution in [3.8, 4) is 0 Å². The molecule has 1 rings (SSSR count). The lowest BCUT2D eigenvalue weighted by atomic mass is 10.4. The van der Waals surface area contributed by atoms with Crippen molar-refractivity contribution < 1.29 is 21.6 Å². The number of alkyl halides is 3. The van der Waals surface area contributed by atoms with Gasteiger partial charge in [-0.15, -0.1) is 0 Å². The highest BCUT2D eigenvalue weighted by molar-refractivity contribution is 7.89. The van der Waals surface area contributed by atoms with Gasteiger partial charge >= 0.3 is 6.18 Å². The lowest BCUT2D eigenvalue weighted by molar-refractivity contribution is -0.132. The minimum atomic E-state index is -4.40. The summed E-state index contributed by atoms with van der Waals surface area (Å²) in [5.41, 5.74) is 6.03. The summed E-state index contributed by atoms with van der Waals surface area (Å²) in [6, 6.07) is 0. The molecule has 1 aromatic heterocycles. The van der Waals surface area contributed by atoms with Crippen LogP contribution in [0.15, 0.2) is 4.90 Å². The standard InChI is InChI=1S/C11H19F3N4O2S/c1-8-10(9(2)18(17-8)7-3-5-15)21(19,20)16-6-4-11(12,13)14/h16H,3-7,15H2,1-2H3. The van der Waals surface area contributed by atoms with Crippen LogP contribution in [0.3, 0.4) is 0 Å². The van der Waals surface area contributed by atoms with Crippen molar-refractivity contribution in [2.75, 3.05) is 13.1 Å². The average molecular weight is 328 g/mol. The normalized spacial score (nSPS) is 12.9. The third-order valence-electron chi connectivity index (χ3n) is 2.86. The Morgan fingerprint density at radius 2 is 1.95 bits per heavy atom. The van der Waals surface area contributed by atoms with E-state index in [0.717, 1.165) is 0 Å². The Labute approximate surface area is 121 Å². The SMILES string of the molecule is Cc1nn(CCCN)c(C)c1S(=O)(=O)NCCC(F)(F)F. The number of halogens is 3. The molecule has 1 heterocycles. The number of nitrogens with one attached hydrogen (secondary N) is 1. The second kappa shape index (κ2) is 6.75. The third kappa shape index (κ3) is 4.97. The van der Waals surface area contributed by atoms with Gasteiger partial charge in [0, 0.05) is 13.1 Å². The summed E-state index contributed by atoms with van der Waals surface area (Å²) < 4.78 is 63.9. The minimum absolute atomic E-state index is 0.0679. The van der Waals surface area contributed by atoms with Crippen molar-refractivity contribution in [2.24, 2.45) is 5.73 Å². The van der Waals surface area contributed by atoms with Crippen LogP contribution in [-0.2, 0) is 16.6 Å². The van der Waals surface area contributed by atoms with E-state index in [1.54, 1.807) is 6.92 Å². The Bertz CT molecular complexity index is 581. The molecule has 1 aromatic rings. The van der Waals surface area contributed by atoms with E-state index in [0.29, 0.717) is 25.2 Å². The molecule has 0 aliphatic carbocycles. The maximum absolute atomic E-state index is 12.1. The Hall–Kier alpha value is -1.13. The molecule has 0 atom stereocenters. The van der Waals surface area contributed by atoms with Crippen LogP contribution in [0, 0.1) is 13.8 Å². The monoisotopic (exact) mass is 328 g/mol. The Kier molecular flexibility index (Phi) is 5.76. The number of nitrogens with zero attached hydrogens (tertiary/aromatic N) is 2. The molecule has 0 saturated carbocycles. The molecular formula is C11H19F3N4O2S. The lowest BCUT2D eigenvalue weighted by Gasteiger charge is -2.09. The molecule has 0 aliphatic heterocycles. The fourth-order valence-corrected chi connectivity index (χ4v) is 3.37. The van der Waals surface area contributed by atoms with E-state index in [4.69, 9.17) is 5.73 Å². The predicted octanol–water partition coefficient (Wildman–Crippen LogP) is 1.08. The van der Waals surface area contributed by atoms with Gasteiger partial charge in [-0.3, -0.25) is 4.68 Å². The van der Waals surface area contributed by atoms with E-state index in [2.05, 4.69) is 5.10 Å². The smallest absolute Gasteiger partial charge is 0.330 e. The zero-order chi connectivity index (χ0) is 16.3. The zero-order valence-corrected chi connectivity index (χ0v) is 12.7. The van der Waals surface area contributed by atoms with Crippen LogP contribution in [-0.4, -0.2) is 37.5 Å². The maximum Gasteiger partial charge on any atom is 0.390 e. The first-order valence-corrected chi connectivity index (χ1v) is 7.87. The third-order valence-corrected chi connectivity index (χ3v) is 4.57. The minimum Gasteiger partial charge on any atom is -0.330 e. The number of hydrogen-bond acceptors (Lipinski definition) is 4. The van der Waals surface area contributed by atoms with Crippen LogP contribution in [0.4, 0.5) is 13.2 Å². The van der Waals surface area contributed by atoms with Gasteiger partial charge in [0.2, 0.25) is 10.0 Å². The molecule has 0 radical (unpaired) electrons. The average Bonchev–Trinajstić information content (AvgIpc) is 2.60. The summed E-state index contributed by atoms with van der Waals surface area (Å²) in [4.78, 5) is -0.0679. The Morgan fingerprint density at radius 1 is 1.33 bits per heavy atom. The van der Waals surface area contributed by atoms with E-state index in [-0.39, 0.29) is 10.6 Å². The molecule has 6 nitrogen and oxygen atoms in total. The number of nitrogens with two attached hydrogens (primary N) is 1. The van der Waals surface area contributed by atoms with Crippen molar-refractivity contribution in [2.45, 2.75) is 44.3 Å². The largest absolute Gasteiger partial charge is 0.390 e. The van der Waals surface area contributed by atoms with Crippen molar-refractivity contribution in [3.05, 3.63) is 11.4 Å². The number of aryl methyl sites for hydroxylation is 2. The Morgan fingerprint density at radius 3 is 2.48 bits per heavy atom. The van der Waals surface area contributed by atoms with Gasteiger partial charge in [-0.1, -0.05) is 0 Å². The van der Waals surface area contributed by atoms with E-state index in [1.165, 1.54) is 11.6 Å².